The van der Waals surface area contributed by atoms with Crippen molar-refractivity contribution in [3.8, 4) is 0 Å². The fourth-order valence-corrected chi connectivity index (χ4v) is 2.85. The van der Waals surface area contributed by atoms with Crippen LogP contribution in [0.15, 0.2) is 40.8 Å². The molecule has 0 unspecified atom stereocenters. The van der Waals surface area contributed by atoms with E-state index in [9.17, 15) is 4.79 Å². The molecule has 0 N–H and O–H groups in total. The minimum Gasteiger partial charge on any atom is -0.461 e. The first-order chi connectivity index (χ1) is 10.9. The van der Waals surface area contributed by atoms with Crippen LogP contribution in [0, 0.1) is 20.8 Å². The molecule has 0 aliphatic carbocycles. The quantitative estimate of drug-likeness (QED) is 0.734. The normalized spacial score (nSPS) is 11.0. The maximum Gasteiger partial charge on any atom is 0.253 e. The van der Waals surface area contributed by atoms with Crippen molar-refractivity contribution in [1.82, 2.24) is 9.88 Å². The predicted octanol–water partition coefficient (Wildman–Crippen LogP) is 4.03. The van der Waals surface area contributed by atoms with Crippen molar-refractivity contribution >= 4 is 16.9 Å². The standard InChI is InChI=1S/C19H20N2O2/c1-12-7-13(2)20-17(8-12)11-21(4)19(22)15-5-6-18-16(10-15)9-14(3)23-18/h5-10H,11H2,1-4H3. The SMILES string of the molecule is Cc1cc(C)nc(CN(C)C(=O)c2ccc3oc(C)cc3c2)c1. The van der Waals surface area contributed by atoms with Gasteiger partial charge in [-0.15, -0.1) is 0 Å². The van der Waals surface area contributed by atoms with E-state index in [1.807, 2.05) is 51.1 Å². The van der Waals surface area contributed by atoms with Gasteiger partial charge in [0.25, 0.3) is 5.91 Å². The Morgan fingerprint density at radius 3 is 2.65 bits per heavy atom. The number of benzene rings is 1. The molecule has 1 aromatic carbocycles. The fraction of sp³-hybridized carbons (Fsp3) is 0.263. The third kappa shape index (κ3) is 3.26. The molecule has 118 valence electrons. The summed E-state index contributed by atoms with van der Waals surface area (Å²) in [6.45, 7) is 6.39. The Hall–Kier alpha value is -2.62. The van der Waals surface area contributed by atoms with Gasteiger partial charge in [0, 0.05) is 23.7 Å². The molecule has 0 spiro atoms. The number of carbonyl (C=O) groups is 1. The number of rotatable bonds is 3. The molecule has 2 heterocycles. The second-order valence-electron chi connectivity index (χ2n) is 6.05. The van der Waals surface area contributed by atoms with E-state index in [4.69, 9.17) is 4.42 Å². The van der Waals surface area contributed by atoms with Gasteiger partial charge in [0.05, 0.1) is 12.2 Å². The van der Waals surface area contributed by atoms with Crippen LogP contribution in [0.2, 0.25) is 0 Å². The molecule has 23 heavy (non-hydrogen) atoms. The molecule has 3 rings (SSSR count). The van der Waals surface area contributed by atoms with Crippen LogP contribution in [0.3, 0.4) is 0 Å². The Bertz CT molecular complexity index is 860. The average Bonchev–Trinajstić information content (AvgIpc) is 2.84. The number of aryl methyl sites for hydroxylation is 3. The van der Waals surface area contributed by atoms with Crippen molar-refractivity contribution < 1.29 is 9.21 Å². The number of nitrogens with zero attached hydrogens (tertiary/aromatic N) is 2. The van der Waals surface area contributed by atoms with Crippen molar-refractivity contribution in [2.75, 3.05) is 7.05 Å². The lowest BCUT2D eigenvalue weighted by molar-refractivity contribution is 0.0783. The topological polar surface area (TPSA) is 46.3 Å². The highest BCUT2D eigenvalue weighted by Crippen LogP contribution is 2.21. The summed E-state index contributed by atoms with van der Waals surface area (Å²) >= 11 is 0. The van der Waals surface area contributed by atoms with E-state index in [2.05, 4.69) is 4.98 Å². The number of aromatic nitrogens is 1. The van der Waals surface area contributed by atoms with Crippen molar-refractivity contribution in [2.45, 2.75) is 27.3 Å². The van der Waals surface area contributed by atoms with Gasteiger partial charge in [-0.25, -0.2) is 0 Å². The molecule has 0 saturated heterocycles. The molecule has 0 bridgehead atoms. The first-order valence-electron chi connectivity index (χ1n) is 7.62. The molecule has 3 aromatic rings. The van der Waals surface area contributed by atoms with Gasteiger partial charge in [0.15, 0.2) is 0 Å². The summed E-state index contributed by atoms with van der Waals surface area (Å²) in [5.74, 6) is 0.823. The molecular weight excluding hydrogens is 288 g/mol. The lowest BCUT2D eigenvalue weighted by Gasteiger charge is -2.17. The van der Waals surface area contributed by atoms with Gasteiger partial charge in [-0.2, -0.15) is 0 Å². The summed E-state index contributed by atoms with van der Waals surface area (Å²) < 4.78 is 5.55. The van der Waals surface area contributed by atoms with Gasteiger partial charge >= 0.3 is 0 Å². The van der Waals surface area contributed by atoms with E-state index in [1.165, 1.54) is 0 Å². The number of hydrogen-bond donors (Lipinski definition) is 0. The predicted molar refractivity (Wildman–Crippen MR) is 90.5 cm³/mol. The van der Waals surface area contributed by atoms with Crippen LogP contribution in [0.25, 0.3) is 11.0 Å². The Morgan fingerprint density at radius 1 is 1.13 bits per heavy atom. The molecular formula is C19H20N2O2. The number of furan rings is 1. The number of carbonyl (C=O) groups excluding carboxylic acids is 1. The molecule has 4 nitrogen and oxygen atoms in total. The molecule has 0 fully saturated rings. The number of amides is 1. The summed E-state index contributed by atoms with van der Waals surface area (Å²) in [6.07, 6.45) is 0. The van der Waals surface area contributed by atoms with Crippen LogP contribution < -0.4 is 0 Å². The van der Waals surface area contributed by atoms with E-state index < -0.39 is 0 Å². The van der Waals surface area contributed by atoms with Gasteiger partial charge in [-0.3, -0.25) is 9.78 Å². The van der Waals surface area contributed by atoms with Gasteiger partial charge in [-0.1, -0.05) is 0 Å². The summed E-state index contributed by atoms with van der Waals surface area (Å²) in [5.41, 5.74) is 4.49. The van der Waals surface area contributed by atoms with Gasteiger partial charge < -0.3 is 9.32 Å². The first kappa shape index (κ1) is 15.3. The summed E-state index contributed by atoms with van der Waals surface area (Å²) in [5, 5.41) is 0.950. The number of pyridine rings is 1. The van der Waals surface area contributed by atoms with Gasteiger partial charge in [0.1, 0.15) is 11.3 Å². The molecule has 0 atom stereocenters. The zero-order valence-electron chi connectivity index (χ0n) is 13.9. The van der Waals surface area contributed by atoms with Gasteiger partial charge in [-0.05, 0) is 62.7 Å². The van der Waals surface area contributed by atoms with E-state index in [1.54, 1.807) is 18.0 Å². The smallest absolute Gasteiger partial charge is 0.253 e. The first-order valence-corrected chi connectivity index (χ1v) is 7.62. The zero-order valence-corrected chi connectivity index (χ0v) is 13.9. The molecule has 2 aromatic heterocycles. The maximum absolute atomic E-state index is 12.6. The highest BCUT2D eigenvalue weighted by Gasteiger charge is 2.14. The molecule has 0 aliphatic rings. The van der Waals surface area contributed by atoms with E-state index in [0.717, 1.165) is 33.7 Å². The number of fused-ring (bicyclic) bond motifs is 1. The van der Waals surface area contributed by atoms with Gasteiger partial charge in [0.2, 0.25) is 0 Å². The summed E-state index contributed by atoms with van der Waals surface area (Å²) in [4.78, 5) is 18.8. The lowest BCUT2D eigenvalue weighted by atomic mass is 10.1. The van der Waals surface area contributed by atoms with Crippen LogP contribution in [0.5, 0.6) is 0 Å². The summed E-state index contributed by atoms with van der Waals surface area (Å²) in [6, 6.07) is 11.5. The maximum atomic E-state index is 12.6. The summed E-state index contributed by atoms with van der Waals surface area (Å²) in [7, 11) is 1.80. The Kier molecular flexibility index (Phi) is 3.90. The number of hydrogen-bond acceptors (Lipinski definition) is 3. The fourth-order valence-electron chi connectivity index (χ4n) is 2.85. The van der Waals surface area contributed by atoms with Crippen molar-refractivity contribution in [2.24, 2.45) is 0 Å². The Labute approximate surface area is 135 Å². The largest absolute Gasteiger partial charge is 0.461 e. The Balaban J connectivity index is 1.82. The van der Waals surface area contributed by atoms with Crippen LogP contribution in [0.4, 0.5) is 0 Å². The Morgan fingerprint density at radius 2 is 1.91 bits per heavy atom. The molecule has 0 radical (unpaired) electrons. The van der Waals surface area contributed by atoms with Crippen molar-refractivity contribution in [3.05, 3.63) is 64.7 Å². The molecule has 4 heteroatoms. The van der Waals surface area contributed by atoms with Crippen molar-refractivity contribution in [3.63, 3.8) is 0 Å². The monoisotopic (exact) mass is 308 g/mol. The molecule has 0 aliphatic heterocycles. The minimum absolute atomic E-state index is 0.0216. The second-order valence-corrected chi connectivity index (χ2v) is 6.05. The van der Waals surface area contributed by atoms with E-state index in [0.29, 0.717) is 12.1 Å². The highest BCUT2D eigenvalue weighted by molar-refractivity contribution is 5.97. The molecule has 0 saturated carbocycles. The zero-order chi connectivity index (χ0) is 16.6. The minimum atomic E-state index is -0.0216. The van der Waals surface area contributed by atoms with Crippen LogP contribution >= 0.6 is 0 Å². The van der Waals surface area contributed by atoms with E-state index in [-0.39, 0.29) is 5.91 Å². The molecule has 1 amide bonds. The lowest BCUT2D eigenvalue weighted by Crippen LogP contribution is -2.26. The second kappa shape index (κ2) is 5.88. The van der Waals surface area contributed by atoms with Crippen LogP contribution in [0.1, 0.15) is 33.1 Å². The third-order valence-electron chi connectivity index (χ3n) is 3.78. The van der Waals surface area contributed by atoms with Crippen LogP contribution in [-0.4, -0.2) is 22.8 Å². The third-order valence-corrected chi connectivity index (χ3v) is 3.78. The van der Waals surface area contributed by atoms with E-state index >= 15 is 0 Å². The average molecular weight is 308 g/mol. The van der Waals surface area contributed by atoms with Crippen molar-refractivity contribution in [1.29, 1.82) is 0 Å². The highest BCUT2D eigenvalue weighted by atomic mass is 16.3. The van der Waals surface area contributed by atoms with Crippen LogP contribution in [-0.2, 0) is 6.54 Å².